The lowest BCUT2D eigenvalue weighted by Crippen LogP contribution is -2.21. The topological polar surface area (TPSA) is 38.3 Å². The molecule has 2 rings (SSSR count). The molecule has 0 aliphatic rings. The maximum atomic E-state index is 12.4. The standard InChI is InChI=1S/C22H29NO2/c1-6-17(5)19-9-7-8-10-20(19)23-22(24)14-25-21-13-16(4)11-12-18(21)15(2)3/h7-13,15,17H,6,14H2,1-5H3,(H,23,24). The summed E-state index contributed by atoms with van der Waals surface area (Å²) in [4.78, 5) is 12.4. The van der Waals surface area contributed by atoms with E-state index in [2.05, 4.69) is 51.2 Å². The Hall–Kier alpha value is -2.29. The Morgan fingerprint density at radius 1 is 1.08 bits per heavy atom. The lowest BCUT2D eigenvalue weighted by Gasteiger charge is -2.17. The van der Waals surface area contributed by atoms with Gasteiger partial charge in [-0.15, -0.1) is 0 Å². The summed E-state index contributed by atoms with van der Waals surface area (Å²) in [5, 5.41) is 3.00. The zero-order valence-corrected chi connectivity index (χ0v) is 15.9. The second-order valence-corrected chi connectivity index (χ2v) is 6.93. The van der Waals surface area contributed by atoms with Gasteiger partial charge < -0.3 is 10.1 Å². The van der Waals surface area contributed by atoms with Crippen LogP contribution in [0.4, 0.5) is 5.69 Å². The molecule has 0 aliphatic heterocycles. The number of hydrogen-bond acceptors (Lipinski definition) is 2. The molecule has 1 atom stereocenters. The summed E-state index contributed by atoms with van der Waals surface area (Å²) in [6.45, 7) is 10.6. The number of carbonyl (C=O) groups excluding carboxylic acids is 1. The smallest absolute Gasteiger partial charge is 0.262 e. The van der Waals surface area contributed by atoms with Crippen LogP contribution in [0.1, 0.15) is 62.6 Å². The predicted octanol–water partition coefficient (Wildman–Crippen LogP) is 5.65. The maximum absolute atomic E-state index is 12.4. The summed E-state index contributed by atoms with van der Waals surface area (Å²) in [6, 6.07) is 14.1. The van der Waals surface area contributed by atoms with Crippen molar-refractivity contribution in [2.24, 2.45) is 0 Å². The quantitative estimate of drug-likeness (QED) is 0.708. The third-order valence-electron chi connectivity index (χ3n) is 4.53. The van der Waals surface area contributed by atoms with Crippen molar-refractivity contribution in [1.29, 1.82) is 0 Å². The highest BCUT2D eigenvalue weighted by molar-refractivity contribution is 5.92. The minimum Gasteiger partial charge on any atom is -0.483 e. The zero-order valence-electron chi connectivity index (χ0n) is 15.9. The Morgan fingerprint density at radius 3 is 2.48 bits per heavy atom. The van der Waals surface area contributed by atoms with Gasteiger partial charge in [0, 0.05) is 5.69 Å². The van der Waals surface area contributed by atoms with Gasteiger partial charge in [0.1, 0.15) is 5.75 Å². The molecule has 0 aliphatic carbocycles. The first-order valence-electron chi connectivity index (χ1n) is 9.04. The molecular formula is C22H29NO2. The molecule has 0 bridgehead atoms. The van der Waals surface area contributed by atoms with E-state index < -0.39 is 0 Å². The molecule has 0 saturated heterocycles. The molecule has 134 valence electrons. The third-order valence-corrected chi connectivity index (χ3v) is 4.53. The van der Waals surface area contributed by atoms with Gasteiger partial charge in [-0.1, -0.05) is 58.0 Å². The van der Waals surface area contributed by atoms with Gasteiger partial charge in [0.2, 0.25) is 0 Å². The van der Waals surface area contributed by atoms with E-state index in [-0.39, 0.29) is 12.5 Å². The van der Waals surface area contributed by atoms with E-state index in [1.165, 1.54) is 0 Å². The molecule has 0 heterocycles. The van der Waals surface area contributed by atoms with Crippen LogP contribution >= 0.6 is 0 Å². The van der Waals surface area contributed by atoms with Gasteiger partial charge in [-0.05, 0) is 54.0 Å². The van der Waals surface area contributed by atoms with Crippen LogP contribution in [0.5, 0.6) is 5.75 Å². The van der Waals surface area contributed by atoms with Crippen LogP contribution in [0.15, 0.2) is 42.5 Å². The second kappa shape index (κ2) is 8.70. The molecule has 1 unspecified atom stereocenters. The lowest BCUT2D eigenvalue weighted by molar-refractivity contribution is -0.118. The highest BCUT2D eigenvalue weighted by atomic mass is 16.5. The van der Waals surface area contributed by atoms with E-state index >= 15 is 0 Å². The van der Waals surface area contributed by atoms with Crippen LogP contribution in [0.25, 0.3) is 0 Å². The number of nitrogens with one attached hydrogen (secondary N) is 1. The largest absolute Gasteiger partial charge is 0.483 e. The molecule has 2 aromatic carbocycles. The van der Waals surface area contributed by atoms with Crippen molar-refractivity contribution in [1.82, 2.24) is 0 Å². The molecule has 3 nitrogen and oxygen atoms in total. The zero-order chi connectivity index (χ0) is 18.4. The van der Waals surface area contributed by atoms with Crippen molar-refractivity contribution in [3.05, 3.63) is 59.2 Å². The molecule has 0 radical (unpaired) electrons. The molecule has 0 aromatic heterocycles. The van der Waals surface area contributed by atoms with Crippen molar-refractivity contribution >= 4 is 11.6 Å². The Labute approximate surface area is 151 Å². The number of carbonyl (C=O) groups is 1. The van der Waals surface area contributed by atoms with Crippen molar-refractivity contribution < 1.29 is 9.53 Å². The van der Waals surface area contributed by atoms with Crippen LogP contribution in [0.2, 0.25) is 0 Å². The molecule has 1 N–H and O–H groups in total. The van der Waals surface area contributed by atoms with Crippen molar-refractivity contribution in [3.63, 3.8) is 0 Å². The van der Waals surface area contributed by atoms with E-state index in [1.807, 2.05) is 31.2 Å². The monoisotopic (exact) mass is 339 g/mol. The van der Waals surface area contributed by atoms with Gasteiger partial charge in [0.05, 0.1) is 0 Å². The number of benzene rings is 2. The first-order chi connectivity index (χ1) is 11.9. The number of hydrogen-bond donors (Lipinski definition) is 1. The highest BCUT2D eigenvalue weighted by Crippen LogP contribution is 2.28. The number of rotatable bonds is 7. The van der Waals surface area contributed by atoms with Gasteiger partial charge in [-0.25, -0.2) is 0 Å². The number of ether oxygens (including phenoxy) is 1. The van der Waals surface area contributed by atoms with Gasteiger partial charge in [-0.2, -0.15) is 0 Å². The predicted molar refractivity (Wildman–Crippen MR) is 105 cm³/mol. The third kappa shape index (κ3) is 5.09. The normalized spacial score (nSPS) is 12.1. The molecule has 0 saturated carbocycles. The number of para-hydroxylation sites is 1. The molecular weight excluding hydrogens is 310 g/mol. The summed E-state index contributed by atoms with van der Waals surface area (Å²) < 4.78 is 5.83. The Morgan fingerprint density at radius 2 is 1.80 bits per heavy atom. The number of anilines is 1. The fourth-order valence-electron chi connectivity index (χ4n) is 2.83. The molecule has 0 spiro atoms. The number of amides is 1. The fraction of sp³-hybridized carbons (Fsp3) is 0.409. The van der Waals surface area contributed by atoms with Crippen LogP contribution in [-0.4, -0.2) is 12.5 Å². The van der Waals surface area contributed by atoms with Crippen molar-refractivity contribution in [2.75, 3.05) is 11.9 Å². The molecule has 3 heteroatoms. The minimum absolute atomic E-state index is 0.0119. The molecule has 1 amide bonds. The summed E-state index contributed by atoms with van der Waals surface area (Å²) in [5.41, 5.74) is 4.29. The number of aryl methyl sites for hydroxylation is 1. The second-order valence-electron chi connectivity index (χ2n) is 6.93. The Balaban J connectivity index is 2.06. The van der Waals surface area contributed by atoms with Crippen molar-refractivity contribution in [2.45, 2.75) is 52.9 Å². The van der Waals surface area contributed by atoms with E-state index in [4.69, 9.17) is 4.74 Å². The SMILES string of the molecule is CCC(C)c1ccccc1NC(=O)COc1cc(C)ccc1C(C)C. The summed E-state index contributed by atoms with van der Waals surface area (Å²) >= 11 is 0. The van der Waals surface area contributed by atoms with Gasteiger partial charge in [-0.3, -0.25) is 4.79 Å². The van der Waals surface area contributed by atoms with E-state index in [0.717, 1.165) is 34.5 Å². The van der Waals surface area contributed by atoms with Crippen LogP contribution in [0, 0.1) is 6.92 Å². The average molecular weight is 339 g/mol. The van der Waals surface area contributed by atoms with Crippen LogP contribution in [-0.2, 0) is 4.79 Å². The summed E-state index contributed by atoms with van der Waals surface area (Å²) in [5.74, 6) is 1.42. The first-order valence-corrected chi connectivity index (χ1v) is 9.04. The highest BCUT2D eigenvalue weighted by Gasteiger charge is 2.13. The van der Waals surface area contributed by atoms with Gasteiger partial charge >= 0.3 is 0 Å². The average Bonchev–Trinajstić information content (AvgIpc) is 2.59. The Kier molecular flexibility index (Phi) is 6.63. The maximum Gasteiger partial charge on any atom is 0.262 e. The first kappa shape index (κ1) is 19.0. The van der Waals surface area contributed by atoms with Gasteiger partial charge in [0.15, 0.2) is 6.61 Å². The van der Waals surface area contributed by atoms with Gasteiger partial charge in [0.25, 0.3) is 5.91 Å². The Bertz CT molecular complexity index is 722. The summed E-state index contributed by atoms with van der Waals surface area (Å²) in [6.07, 6.45) is 1.03. The van der Waals surface area contributed by atoms with E-state index in [1.54, 1.807) is 0 Å². The lowest BCUT2D eigenvalue weighted by atomic mass is 9.97. The molecule has 2 aromatic rings. The fourth-order valence-corrected chi connectivity index (χ4v) is 2.83. The van der Waals surface area contributed by atoms with Crippen LogP contribution in [0.3, 0.4) is 0 Å². The van der Waals surface area contributed by atoms with E-state index in [9.17, 15) is 4.79 Å². The molecule has 0 fully saturated rings. The minimum atomic E-state index is -0.132. The van der Waals surface area contributed by atoms with Crippen molar-refractivity contribution in [3.8, 4) is 5.75 Å². The summed E-state index contributed by atoms with van der Waals surface area (Å²) in [7, 11) is 0. The molecule has 25 heavy (non-hydrogen) atoms. The van der Waals surface area contributed by atoms with E-state index in [0.29, 0.717) is 11.8 Å². The van der Waals surface area contributed by atoms with Crippen LogP contribution < -0.4 is 10.1 Å².